The van der Waals surface area contributed by atoms with Crippen molar-refractivity contribution in [3.63, 3.8) is 0 Å². The molecule has 3 nitrogen and oxygen atoms in total. The zero-order chi connectivity index (χ0) is 7.23. The van der Waals surface area contributed by atoms with E-state index in [1.54, 1.807) is 0 Å². The van der Waals surface area contributed by atoms with Crippen molar-refractivity contribution >= 4 is 0 Å². The van der Waals surface area contributed by atoms with Crippen LogP contribution in [0, 0.1) is 5.92 Å². The molecule has 1 rings (SSSR count). The zero-order valence-electron chi connectivity index (χ0n) is 6.61. The molecular weight excluding hydrogens is 126 g/mol. The first-order chi connectivity index (χ1) is 4.93. The van der Waals surface area contributed by atoms with Gasteiger partial charge in [0.05, 0.1) is 0 Å². The Morgan fingerprint density at radius 2 is 2.10 bits per heavy atom. The van der Waals surface area contributed by atoms with Gasteiger partial charge in [0.1, 0.15) is 0 Å². The molecular formula is C7H17N3. The summed E-state index contributed by atoms with van der Waals surface area (Å²) in [7, 11) is 2.00. The smallest absolute Gasteiger partial charge is 0.0454 e. The second-order valence-corrected chi connectivity index (χ2v) is 2.84. The summed E-state index contributed by atoms with van der Waals surface area (Å²) in [5.74, 6) is 0.821. The van der Waals surface area contributed by atoms with Gasteiger partial charge in [-0.1, -0.05) is 0 Å². The predicted molar refractivity (Wildman–Crippen MR) is 42.9 cm³/mol. The molecule has 0 aromatic heterocycles. The standard InChI is InChI=1S/C7H17N3/c1-8-3-2-7-4-9-6-10-5-7/h7-10H,2-6H2,1H3. The van der Waals surface area contributed by atoms with Gasteiger partial charge in [0, 0.05) is 19.8 Å². The summed E-state index contributed by atoms with van der Waals surface area (Å²) in [5.41, 5.74) is 0. The zero-order valence-corrected chi connectivity index (χ0v) is 6.61. The Hall–Kier alpha value is -0.120. The topological polar surface area (TPSA) is 36.1 Å². The lowest BCUT2D eigenvalue weighted by atomic mass is 10.0. The van der Waals surface area contributed by atoms with Gasteiger partial charge in [-0.2, -0.15) is 0 Å². The van der Waals surface area contributed by atoms with Crippen LogP contribution < -0.4 is 16.0 Å². The van der Waals surface area contributed by atoms with Crippen LogP contribution >= 0.6 is 0 Å². The van der Waals surface area contributed by atoms with Crippen molar-refractivity contribution in [2.24, 2.45) is 5.92 Å². The molecule has 3 heteroatoms. The highest BCUT2D eigenvalue weighted by Crippen LogP contribution is 2.00. The Kier molecular flexibility index (Phi) is 3.72. The molecule has 0 saturated carbocycles. The van der Waals surface area contributed by atoms with Gasteiger partial charge < -0.3 is 16.0 Å². The van der Waals surface area contributed by atoms with Crippen LogP contribution in [0.3, 0.4) is 0 Å². The molecule has 0 radical (unpaired) electrons. The number of rotatable bonds is 3. The molecule has 0 spiro atoms. The summed E-state index contributed by atoms with van der Waals surface area (Å²) in [5, 5.41) is 9.77. The third-order valence-electron chi connectivity index (χ3n) is 1.92. The lowest BCUT2D eigenvalue weighted by molar-refractivity contribution is 0.353. The van der Waals surface area contributed by atoms with Crippen LogP contribution in [0.5, 0.6) is 0 Å². The molecule has 0 amide bonds. The van der Waals surface area contributed by atoms with Crippen LogP contribution in [-0.2, 0) is 0 Å². The van der Waals surface area contributed by atoms with Crippen molar-refractivity contribution < 1.29 is 0 Å². The van der Waals surface area contributed by atoms with Gasteiger partial charge in [-0.05, 0) is 25.9 Å². The van der Waals surface area contributed by atoms with Crippen LogP contribution in [0.1, 0.15) is 6.42 Å². The van der Waals surface area contributed by atoms with Crippen LogP contribution in [0.25, 0.3) is 0 Å². The number of nitrogens with one attached hydrogen (secondary N) is 3. The van der Waals surface area contributed by atoms with E-state index in [0.29, 0.717) is 0 Å². The van der Waals surface area contributed by atoms with E-state index >= 15 is 0 Å². The third-order valence-corrected chi connectivity index (χ3v) is 1.92. The van der Waals surface area contributed by atoms with Gasteiger partial charge in [0.25, 0.3) is 0 Å². The quantitative estimate of drug-likeness (QED) is 0.492. The fraction of sp³-hybridized carbons (Fsp3) is 1.00. The molecule has 0 aromatic carbocycles. The summed E-state index contributed by atoms with van der Waals surface area (Å²) in [4.78, 5) is 0. The molecule has 1 heterocycles. The molecule has 0 unspecified atom stereocenters. The fourth-order valence-electron chi connectivity index (χ4n) is 1.27. The molecule has 0 atom stereocenters. The van der Waals surface area contributed by atoms with Crippen molar-refractivity contribution in [1.29, 1.82) is 0 Å². The van der Waals surface area contributed by atoms with Crippen LogP contribution in [-0.4, -0.2) is 33.4 Å². The van der Waals surface area contributed by atoms with Crippen molar-refractivity contribution in [3.8, 4) is 0 Å². The second kappa shape index (κ2) is 4.66. The van der Waals surface area contributed by atoms with Gasteiger partial charge in [-0.25, -0.2) is 0 Å². The van der Waals surface area contributed by atoms with Crippen molar-refractivity contribution in [2.45, 2.75) is 6.42 Å². The maximum Gasteiger partial charge on any atom is 0.0454 e. The van der Waals surface area contributed by atoms with E-state index in [9.17, 15) is 0 Å². The SMILES string of the molecule is CNCCC1CNCNC1. The molecule has 0 aliphatic carbocycles. The second-order valence-electron chi connectivity index (χ2n) is 2.84. The summed E-state index contributed by atoms with van der Waals surface area (Å²) < 4.78 is 0. The molecule has 1 saturated heterocycles. The fourth-order valence-corrected chi connectivity index (χ4v) is 1.27. The van der Waals surface area contributed by atoms with Crippen molar-refractivity contribution in [3.05, 3.63) is 0 Å². The molecule has 0 aromatic rings. The van der Waals surface area contributed by atoms with Gasteiger partial charge in [0.2, 0.25) is 0 Å². The monoisotopic (exact) mass is 143 g/mol. The van der Waals surface area contributed by atoms with Gasteiger partial charge in [-0.3, -0.25) is 0 Å². The Morgan fingerprint density at radius 1 is 1.40 bits per heavy atom. The Balaban J connectivity index is 2.02. The molecule has 3 N–H and O–H groups in total. The molecule has 1 aliphatic heterocycles. The normalized spacial score (nSPS) is 21.3. The molecule has 1 aliphatic rings. The Labute approximate surface area is 62.6 Å². The molecule has 0 bridgehead atoms. The van der Waals surface area contributed by atoms with Gasteiger partial charge >= 0.3 is 0 Å². The lowest BCUT2D eigenvalue weighted by Gasteiger charge is -2.23. The Morgan fingerprint density at radius 3 is 2.70 bits per heavy atom. The lowest BCUT2D eigenvalue weighted by Crippen LogP contribution is -2.44. The Bertz CT molecular complexity index is 78.9. The summed E-state index contributed by atoms with van der Waals surface area (Å²) in [6.45, 7) is 4.47. The first-order valence-corrected chi connectivity index (χ1v) is 3.99. The van der Waals surface area contributed by atoms with Crippen molar-refractivity contribution in [2.75, 3.05) is 33.4 Å². The van der Waals surface area contributed by atoms with E-state index in [-0.39, 0.29) is 0 Å². The van der Waals surface area contributed by atoms with E-state index in [1.165, 1.54) is 19.5 Å². The van der Waals surface area contributed by atoms with E-state index in [0.717, 1.165) is 19.1 Å². The number of hydrogen-bond acceptors (Lipinski definition) is 3. The highest BCUT2D eigenvalue weighted by atomic mass is 15.1. The average Bonchev–Trinajstić information content (AvgIpc) is 2.03. The minimum atomic E-state index is 0.821. The largest absolute Gasteiger partial charge is 0.320 e. The molecule has 10 heavy (non-hydrogen) atoms. The number of hydrogen-bond donors (Lipinski definition) is 3. The third kappa shape index (κ3) is 2.64. The van der Waals surface area contributed by atoms with Gasteiger partial charge in [0.15, 0.2) is 0 Å². The summed E-state index contributed by atoms with van der Waals surface area (Å²) in [6.07, 6.45) is 1.27. The van der Waals surface area contributed by atoms with Crippen LogP contribution in [0.15, 0.2) is 0 Å². The summed E-state index contributed by atoms with van der Waals surface area (Å²) >= 11 is 0. The molecule has 60 valence electrons. The first kappa shape index (κ1) is 7.98. The van der Waals surface area contributed by atoms with Crippen molar-refractivity contribution in [1.82, 2.24) is 16.0 Å². The summed E-state index contributed by atoms with van der Waals surface area (Å²) in [6, 6.07) is 0. The predicted octanol–water partition coefficient (Wildman–Crippen LogP) is -0.638. The maximum absolute atomic E-state index is 3.30. The highest BCUT2D eigenvalue weighted by molar-refractivity contribution is 4.69. The van der Waals surface area contributed by atoms with Crippen LogP contribution in [0.2, 0.25) is 0 Å². The highest BCUT2D eigenvalue weighted by Gasteiger charge is 2.10. The van der Waals surface area contributed by atoms with E-state index in [1.807, 2.05) is 7.05 Å². The van der Waals surface area contributed by atoms with Crippen LogP contribution in [0.4, 0.5) is 0 Å². The van der Waals surface area contributed by atoms with Gasteiger partial charge in [-0.15, -0.1) is 0 Å². The molecule has 1 fully saturated rings. The maximum atomic E-state index is 3.30. The minimum Gasteiger partial charge on any atom is -0.320 e. The van der Waals surface area contributed by atoms with E-state index in [4.69, 9.17) is 0 Å². The van der Waals surface area contributed by atoms with E-state index in [2.05, 4.69) is 16.0 Å². The van der Waals surface area contributed by atoms with E-state index < -0.39 is 0 Å². The first-order valence-electron chi connectivity index (χ1n) is 3.99. The average molecular weight is 143 g/mol. The minimum absolute atomic E-state index is 0.821.